The molecule has 2 aromatic rings. The SMILES string of the molecule is CCNC(=NCc1ccc(OC)c(Br)c1)N1CCN(Cc2ccon2)CC1.I. The molecule has 0 aliphatic carbocycles. The second kappa shape index (κ2) is 11.6. The first-order valence-electron chi connectivity index (χ1n) is 9.17. The minimum absolute atomic E-state index is 0. The molecule has 2 heterocycles. The highest BCUT2D eigenvalue weighted by molar-refractivity contribution is 14.0. The second-order valence-electron chi connectivity index (χ2n) is 6.39. The summed E-state index contributed by atoms with van der Waals surface area (Å²) in [5.74, 6) is 1.79. The molecule has 0 spiro atoms. The van der Waals surface area contributed by atoms with Crippen LogP contribution in [0.3, 0.4) is 0 Å². The van der Waals surface area contributed by atoms with Crippen LogP contribution < -0.4 is 10.1 Å². The number of nitrogens with zero attached hydrogens (tertiary/aromatic N) is 4. The predicted octanol–water partition coefficient (Wildman–Crippen LogP) is 3.35. The Kier molecular flexibility index (Phi) is 9.52. The van der Waals surface area contributed by atoms with Gasteiger partial charge in [0.15, 0.2) is 5.96 Å². The number of hydrogen-bond donors (Lipinski definition) is 1. The zero-order valence-corrected chi connectivity index (χ0v) is 20.1. The molecule has 1 saturated heterocycles. The van der Waals surface area contributed by atoms with Crippen molar-refractivity contribution in [2.24, 2.45) is 4.99 Å². The number of hydrogen-bond acceptors (Lipinski definition) is 5. The van der Waals surface area contributed by atoms with Gasteiger partial charge < -0.3 is 19.5 Å². The van der Waals surface area contributed by atoms with Gasteiger partial charge in [0, 0.05) is 45.3 Å². The molecule has 1 aromatic carbocycles. The van der Waals surface area contributed by atoms with E-state index >= 15 is 0 Å². The van der Waals surface area contributed by atoms with E-state index in [1.807, 2.05) is 18.2 Å². The van der Waals surface area contributed by atoms with E-state index in [9.17, 15) is 0 Å². The second-order valence-corrected chi connectivity index (χ2v) is 7.25. The van der Waals surface area contributed by atoms with E-state index in [2.05, 4.69) is 49.2 Å². The van der Waals surface area contributed by atoms with Crippen molar-refractivity contribution in [1.29, 1.82) is 0 Å². The Hall–Kier alpha value is -1.33. The molecule has 1 N–H and O–H groups in total. The number of piperazine rings is 1. The van der Waals surface area contributed by atoms with Crippen LogP contribution in [0, 0.1) is 0 Å². The lowest BCUT2D eigenvalue weighted by Gasteiger charge is -2.36. The van der Waals surface area contributed by atoms with Crippen molar-refractivity contribution in [3.8, 4) is 5.75 Å². The van der Waals surface area contributed by atoms with Crippen molar-refractivity contribution in [2.45, 2.75) is 20.0 Å². The molecule has 9 heteroatoms. The van der Waals surface area contributed by atoms with Gasteiger partial charge in [-0.3, -0.25) is 4.90 Å². The molecular formula is C19H27BrIN5O2. The lowest BCUT2D eigenvalue weighted by atomic mass is 10.2. The van der Waals surface area contributed by atoms with E-state index < -0.39 is 0 Å². The number of guanidine groups is 1. The van der Waals surface area contributed by atoms with Gasteiger partial charge in [0.05, 0.1) is 23.8 Å². The van der Waals surface area contributed by atoms with E-state index in [4.69, 9.17) is 14.3 Å². The van der Waals surface area contributed by atoms with E-state index in [1.165, 1.54) is 0 Å². The molecule has 1 fully saturated rings. The third kappa shape index (κ3) is 6.35. The standard InChI is InChI=1S/C19H26BrN5O2.HI/c1-3-21-19(22-13-15-4-5-18(26-2)17(20)12-15)25-9-7-24(8-10-25)14-16-6-11-27-23-16;/h4-6,11-12H,3,7-10,13-14H2,1-2H3,(H,21,22);1H. The number of methoxy groups -OCH3 is 1. The first-order chi connectivity index (χ1) is 13.2. The van der Waals surface area contributed by atoms with Gasteiger partial charge in [-0.25, -0.2) is 4.99 Å². The third-order valence-corrected chi connectivity index (χ3v) is 5.13. The maximum atomic E-state index is 5.29. The van der Waals surface area contributed by atoms with Crippen LogP contribution in [0.25, 0.3) is 0 Å². The van der Waals surface area contributed by atoms with Gasteiger partial charge in [0.1, 0.15) is 12.0 Å². The summed E-state index contributed by atoms with van der Waals surface area (Å²) in [6, 6.07) is 7.99. The number of rotatable bonds is 6. The smallest absolute Gasteiger partial charge is 0.194 e. The highest BCUT2D eigenvalue weighted by atomic mass is 127. The minimum Gasteiger partial charge on any atom is -0.496 e. The Morgan fingerprint density at radius 2 is 2.07 bits per heavy atom. The van der Waals surface area contributed by atoms with Gasteiger partial charge in [-0.1, -0.05) is 11.2 Å². The van der Waals surface area contributed by atoms with Crippen LogP contribution >= 0.6 is 39.9 Å². The van der Waals surface area contributed by atoms with Crippen molar-refractivity contribution in [2.75, 3.05) is 39.8 Å². The minimum atomic E-state index is 0. The lowest BCUT2D eigenvalue weighted by molar-refractivity contribution is 0.169. The zero-order valence-electron chi connectivity index (χ0n) is 16.2. The van der Waals surface area contributed by atoms with Crippen LogP contribution in [0.5, 0.6) is 5.75 Å². The number of halogens is 2. The molecule has 0 bridgehead atoms. The zero-order chi connectivity index (χ0) is 19.1. The van der Waals surface area contributed by atoms with Crippen LogP contribution in [0.2, 0.25) is 0 Å². The molecule has 1 aromatic heterocycles. The first kappa shape index (κ1) is 23.0. The molecule has 0 amide bonds. The molecular weight excluding hydrogens is 537 g/mol. The number of ether oxygens (including phenoxy) is 1. The molecule has 1 aliphatic heterocycles. The third-order valence-electron chi connectivity index (χ3n) is 4.51. The topological polar surface area (TPSA) is 66.1 Å². The quantitative estimate of drug-likeness (QED) is 0.330. The fraction of sp³-hybridized carbons (Fsp3) is 0.474. The molecule has 28 heavy (non-hydrogen) atoms. The van der Waals surface area contributed by atoms with Gasteiger partial charge >= 0.3 is 0 Å². The highest BCUT2D eigenvalue weighted by Gasteiger charge is 2.20. The molecule has 0 unspecified atom stereocenters. The van der Waals surface area contributed by atoms with Gasteiger partial charge in [-0.2, -0.15) is 0 Å². The summed E-state index contributed by atoms with van der Waals surface area (Å²) in [7, 11) is 1.67. The summed E-state index contributed by atoms with van der Waals surface area (Å²) >= 11 is 3.54. The lowest BCUT2D eigenvalue weighted by Crippen LogP contribution is -2.52. The molecule has 154 valence electrons. The first-order valence-corrected chi connectivity index (χ1v) is 9.96. The van der Waals surface area contributed by atoms with Crippen molar-refractivity contribution in [3.63, 3.8) is 0 Å². The van der Waals surface area contributed by atoms with Gasteiger partial charge in [0.25, 0.3) is 0 Å². The fourth-order valence-corrected chi connectivity index (χ4v) is 3.65. The summed E-state index contributed by atoms with van der Waals surface area (Å²) in [6.45, 7) is 8.25. The highest BCUT2D eigenvalue weighted by Crippen LogP contribution is 2.25. The average Bonchev–Trinajstić information content (AvgIpc) is 3.19. The van der Waals surface area contributed by atoms with Crippen molar-refractivity contribution in [3.05, 3.63) is 46.3 Å². The van der Waals surface area contributed by atoms with Crippen molar-refractivity contribution >= 4 is 45.9 Å². The number of aromatic nitrogens is 1. The van der Waals surface area contributed by atoms with Crippen LogP contribution in [-0.4, -0.2) is 60.7 Å². The molecule has 0 atom stereocenters. The normalized spacial score (nSPS) is 15.2. The van der Waals surface area contributed by atoms with E-state index in [1.54, 1.807) is 13.4 Å². The van der Waals surface area contributed by atoms with E-state index in [-0.39, 0.29) is 24.0 Å². The largest absolute Gasteiger partial charge is 0.496 e. The van der Waals surface area contributed by atoms with Gasteiger partial charge in [-0.15, -0.1) is 24.0 Å². The Bertz CT molecular complexity index is 749. The van der Waals surface area contributed by atoms with E-state index in [0.717, 1.165) is 66.7 Å². The van der Waals surface area contributed by atoms with Gasteiger partial charge in [0.2, 0.25) is 0 Å². The fourth-order valence-electron chi connectivity index (χ4n) is 3.07. The van der Waals surface area contributed by atoms with Crippen LogP contribution in [-0.2, 0) is 13.1 Å². The number of benzene rings is 1. The van der Waals surface area contributed by atoms with Gasteiger partial charge in [-0.05, 0) is 40.5 Å². The molecule has 0 radical (unpaired) electrons. The summed E-state index contributed by atoms with van der Waals surface area (Å²) in [6.07, 6.45) is 1.62. The maximum Gasteiger partial charge on any atom is 0.194 e. The van der Waals surface area contributed by atoms with Crippen LogP contribution in [0.4, 0.5) is 0 Å². The van der Waals surface area contributed by atoms with Crippen LogP contribution in [0.1, 0.15) is 18.2 Å². The Morgan fingerprint density at radius 1 is 1.29 bits per heavy atom. The maximum absolute atomic E-state index is 5.29. The summed E-state index contributed by atoms with van der Waals surface area (Å²) in [5.41, 5.74) is 2.12. The number of aliphatic imine (C=N–C) groups is 1. The Labute approximate surface area is 191 Å². The molecule has 3 rings (SSSR count). The Morgan fingerprint density at radius 3 is 2.68 bits per heavy atom. The summed E-state index contributed by atoms with van der Waals surface area (Å²) < 4.78 is 11.2. The molecule has 7 nitrogen and oxygen atoms in total. The van der Waals surface area contributed by atoms with Crippen molar-refractivity contribution in [1.82, 2.24) is 20.3 Å². The number of nitrogens with one attached hydrogen (secondary N) is 1. The van der Waals surface area contributed by atoms with Crippen LogP contribution in [0.15, 0.2) is 44.5 Å². The Balaban J connectivity index is 0.00000280. The summed E-state index contributed by atoms with van der Waals surface area (Å²) in [5, 5.41) is 7.41. The summed E-state index contributed by atoms with van der Waals surface area (Å²) in [4.78, 5) is 9.54. The molecule has 0 saturated carbocycles. The van der Waals surface area contributed by atoms with Crippen molar-refractivity contribution < 1.29 is 9.26 Å². The predicted molar refractivity (Wildman–Crippen MR) is 124 cm³/mol. The molecule has 1 aliphatic rings. The average molecular weight is 564 g/mol. The monoisotopic (exact) mass is 563 g/mol. The van der Waals surface area contributed by atoms with E-state index in [0.29, 0.717) is 6.54 Å².